The minimum absolute atomic E-state index is 0.122. The van der Waals surface area contributed by atoms with Gasteiger partial charge in [-0.25, -0.2) is 14.6 Å². The third-order valence-electron chi connectivity index (χ3n) is 10.2. The van der Waals surface area contributed by atoms with Crippen LogP contribution in [0.1, 0.15) is 62.8 Å². The molecule has 0 radical (unpaired) electrons. The van der Waals surface area contributed by atoms with Gasteiger partial charge in [-0.15, -0.1) is 0 Å². The topological polar surface area (TPSA) is 93.4 Å². The van der Waals surface area contributed by atoms with E-state index < -0.39 is 0 Å². The Labute approximate surface area is 222 Å². The largest absolute Gasteiger partial charge is 0.311 e. The van der Waals surface area contributed by atoms with E-state index in [2.05, 4.69) is 49.9 Å². The molecule has 0 aromatic carbocycles. The second kappa shape index (κ2) is 8.13. The summed E-state index contributed by atoms with van der Waals surface area (Å²) in [6, 6.07) is 8.63. The van der Waals surface area contributed by atoms with E-state index >= 15 is 0 Å². The van der Waals surface area contributed by atoms with Crippen molar-refractivity contribution >= 4 is 10.9 Å². The Bertz CT molecular complexity index is 1530. The highest BCUT2D eigenvalue weighted by Gasteiger charge is 2.59. The van der Waals surface area contributed by atoms with Crippen LogP contribution < -0.4 is 10.6 Å². The van der Waals surface area contributed by atoms with Crippen molar-refractivity contribution < 1.29 is 0 Å². The zero-order valence-corrected chi connectivity index (χ0v) is 22.0. The molecule has 2 spiro atoms. The smallest absolute Gasteiger partial charge is 0.154 e. The molecule has 4 atom stereocenters. The van der Waals surface area contributed by atoms with Crippen molar-refractivity contribution in [1.82, 2.24) is 40.3 Å². The summed E-state index contributed by atoms with van der Waals surface area (Å²) >= 11 is 0. The highest BCUT2D eigenvalue weighted by atomic mass is 15.3. The zero-order chi connectivity index (χ0) is 25.4. The first-order valence-electron chi connectivity index (χ1n) is 14.2. The van der Waals surface area contributed by atoms with Crippen LogP contribution in [0.3, 0.4) is 0 Å². The van der Waals surface area contributed by atoms with Crippen LogP contribution in [0.5, 0.6) is 0 Å². The molecule has 4 aromatic rings. The van der Waals surface area contributed by atoms with Crippen molar-refractivity contribution in [2.75, 3.05) is 13.1 Å². The Hall–Kier alpha value is -3.23. The van der Waals surface area contributed by atoms with Crippen LogP contribution >= 0.6 is 0 Å². The van der Waals surface area contributed by atoms with E-state index in [1.165, 1.54) is 63.6 Å². The van der Waals surface area contributed by atoms with Crippen molar-refractivity contribution in [3.63, 3.8) is 0 Å². The van der Waals surface area contributed by atoms with Gasteiger partial charge in [-0.05, 0) is 95.5 Å². The maximum Gasteiger partial charge on any atom is 0.154 e. The summed E-state index contributed by atoms with van der Waals surface area (Å²) in [5.41, 5.74) is 5.50. The van der Waals surface area contributed by atoms with Crippen LogP contribution in [0.2, 0.25) is 0 Å². The van der Waals surface area contributed by atoms with Gasteiger partial charge in [0.1, 0.15) is 5.69 Å². The Balaban J connectivity index is 1.20. The van der Waals surface area contributed by atoms with E-state index in [1.54, 1.807) is 12.4 Å². The third kappa shape index (κ3) is 3.39. The summed E-state index contributed by atoms with van der Waals surface area (Å²) in [5.74, 6) is 1.55. The first-order chi connectivity index (χ1) is 18.6. The Morgan fingerprint density at radius 2 is 1.76 bits per heavy atom. The number of nitrogens with zero attached hydrogens (tertiary/aromatic N) is 6. The Morgan fingerprint density at radius 3 is 2.50 bits per heavy atom. The number of fused-ring (bicyclic) bond motifs is 1. The Kier molecular flexibility index (Phi) is 4.86. The lowest BCUT2D eigenvalue weighted by Gasteiger charge is -2.45. The molecular formula is C30H34N8. The standard InChI is InChI=1S/C30H34N8/c1-20-15-31-18-24(36-20)23-13-25-21(16-32-23)17-35-38(25)27-4-2-3-26(37-27)30(8-7-29(19-30)10-12-34-29)22-5-6-28(14-22)9-11-33-28/h2-4,13,15-18,22,33-34H,5-12,14,19H2,1H3. The van der Waals surface area contributed by atoms with E-state index in [0.717, 1.165) is 40.3 Å². The predicted molar refractivity (Wildman–Crippen MR) is 146 cm³/mol. The molecule has 8 rings (SSSR count). The summed E-state index contributed by atoms with van der Waals surface area (Å²) in [6.45, 7) is 4.28. The van der Waals surface area contributed by atoms with Gasteiger partial charge in [0.2, 0.25) is 0 Å². The summed E-state index contributed by atoms with van der Waals surface area (Å²) in [5, 5.41) is 13.4. The second-order valence-corrected chi connectivity index (χ2v) is 12.3. The summed E-state index contributed by atoms with van der Waals surface area (Å²) in [6.07, 6.45) is 17.5. The van der Waals surface area contributed by atoms with Crippen LogP contribution in [-0.4, -0.2) is 53.9 Å². The number of rotatable bonds is 4. The predicted octanol–water partition coefficient (Wildman–Crippen LogP) is 4.27. The van der Waals surface area contributed by atoms with Gasteiger partial charge in [-0.3, -0.25) is 9.97 Å². The highest BCUT2D eigenvalue weighted by molar-refractivity contribution is 5.82. The van der Waals surface area contributed by atoms with E-state index in [4.69, 9.17) is 10.1 Å². The molecule has 0 amide bonds. The molecule has 2 aliphatic carbocycles. The van der Waals surface area contributed by atoms with Gasteiger partial charge >= 0.3 is 0 Å². The molecule has 4 aromatic heterocycles. The zero-order valence-electron chi connectivity index (χ0n) is 22.0. The maximum atomic E-state index is 5.40. The van der Waals surface area contributed by atoms with Gasteiger partial charge in [0, 0.05) is 40.0 Å². The van der Waals surface area contributed by atoms with Crippen LogP contribution in [0, 0.1) is 12.8 Å². The van der Waals surface area contributed by atoms with Crippen molar-refractivity contribution in [1.29, 1.82) is 0 Å². The number of pyridine rings is 2. The van der Waals surface area contributed by atoms with Gasteiger partial charge in [-0.2, -0.15) is 5.10 Å². The summed E-state index contributed by atoms with van der Waals surface area (Å²) in [4.78, 5) is 19.0. The summed E-state index contributed by atoms with van der Waals surface area (Å²) in [7, 11) is 0. The van der Waals surface area contributed by atoms with Crippen LogP contribution in [0.15, 0.2) is 49.1 Å². The van der Waals surface area contributed by atoms with Gasteiger partial charge in [0.05, 0.1) is 29.3 Å². The minimum atomic E-state index is 0.122. The Morgan fingerprint density at radius 1 is 0.895 bits per heavy atom. The fourth-order valence-electron chi connectivity index (χ4n) is 7.97. The van der Waals surface area contributed by atoms with Gasteiger partial charge in [0.25, 0.3) is 0 Å². The first-order valence-corrected chi connectivity index (χ1v) is 14.2. The minimum Gasteiger partial charge on any atom is -0.311 e. The molecule has 8 nitrogen and oxygen atoms in total. The molecule has 4 fully saturated rings. The molecule has 0 bridgehead atoms. The molecule has 2 N–H and O–H groups in total. The highest BCUT2D eigenvalue weighted by Crippen LogP contribution is 2.59. The molecule has 4 unspecified atom stereocenters. The van der Waals surface area contributed by atoms with E-state index in [0.29, 0.717) is 17.0 Å². The lowest BCUT2D eigenvalue weighted by Crippen LogP contribution is -2.57. The van der Waals surface area contributed by atoms with Crippen molar-refractivity contribution in [2.24, 2.45) is 5.92 Å². The van der Waals surface area contributed by atoms with Crippen molar-refractivity contribution in [3.05, 3.63) is 60.4 Å². The maximum absolute atomic E-state index is 5.40. The number of aryl methyl sites for hydroxylation is 1. The average molecular weight is 507 g/mol. The number of nitrogens with one attached hydrogen (secondary N) is 2. The van der Waals surface area contributed by atoms with Crippen LogP contribution in [-0.2, 0) is 5.41 Å². The van der Waals surface area contributed by atoms with Crippen LogP contribution in [0.4, 0.5) is 0 Å². The van der Waals surface area contributed by atoms with Gasteiger partial charge < -0.3 is 10.6 Å². The molecule has 38 heavy (non-hydrogen) atoms. The van der Waals surface area contributed by atoms with E-state index in [1.807, 2.05) is 24.0 Å². The third-order valence-corrected chi connectivity index (χ3v) is 10.2. The molecule has 4 aliphatic rings. The van der Waals surface area contributed by atoms with Crippen molar-refractivity contribution in [2.45, 2.75) is 74.8 Å². The summed E-state index contributed by atoms with van der Waals surface area (Å²) < 4.78 is 1.97. The number of hydrogen-bond donors (Lipinski definition) is 2. The monoisotopic (exact) mass is 506 g/mol. The van der Waals surface area contributed by atoms with E-state index in [9.17, 15) is 0 Å². The SMILES string of the molecule is Cc1cncc(-c2cc3c(cn2)cnn3-c2cccc(C3(C4CCC5(CCN5)C4)CCC4(CCN4)C3)n2)n1. The lowest BCUT2D eigenvalue weighted by atomic mass is 9.67. The molecule has 8 heteroatoms. The second-order valence-electron chi connectivity index (χ2n) is 12.3. The fraction of sp³-hybridized carbons (Fsp3) is 0.500. The normalized spacial score (nSPS) is 32.2. The molecule has 6 heterocycles. The van der Waals surface area contributed by atoms with Gasteiger partial charge in [-0.1, -0.05) is 6.07 Å². The first kappa shape index (κ1) is 22.7. The van der Waals surface area contributed by atoms with E-state index in [-0.39, 0.29) is 5.41 Å². The van der Waals surface area contributed by atoms with Crippen LogP contribution in [0.25, 0.3) is 28.1 Å². The molecule has 2 saturated carbocycles. The quantitative estimate of drug-likeness (QED) is 0.427. The number of hydrogen-bond acceptors (Lipinski definition) is 7. The molecule has 2 saturated heterocycles. The molecule has 2 aliphatic heterocycles. The van der Waals surface area contributed by atoms with Crippen molar-refractivity contribution in [3.8, 4) is 17.2 Å². The molecule has 194 valence electrons. The average Bonchev–Trinajstić information content (AvgIpc) is 3.64. The lowest BCUT2D eigenvalue weighted by molar-refractivity contribution is 0.158. The van der Waals surface area contributed by atoms with Gasteiger partial charge in [0.15, 0.2) is 5.82 Å². The molecular weight excluding hydrogens is 472 g/mol. The number of aromatic nitrogens is 6. The fourth-order valence-corrected chi connectivity index (χ4v) is 7.97.